The summed E-state index contributed by atoms with van der Waals surface area (Å²) >= 11 is 0.511. The van der Waals surface area contributed by atoms with Crippen LogP contribution in [0.15, 0.2) is 24.3 Å². The maximum atomic E-state index is 12.4. The molecule has 0 bridgehead atoms. The number of rotatable bonds is 3. The van der Waals surface area contributed by atoms with Crippen molar-refractivity contribution in [2.24, 2.45) is 0 Å². The van der Waals surface area contributed by atoms with Gasteiger partial charge >= 0.3 is 6.18 Å². The number of nitrogens with two attached hydrogens (primary N) is 1. The van der Waals surface area contributed by atoms with E-state index in [1.807, 2.05) is 12.1 Å². The molecule has 0 saturated heterocycles. The minimum Gasteiger partial charge on any atom is -0.398 e. The Bertz CT molecular complexity index is 567. The molecule has 2 N–H and O–H groups in total. The van der Waals surface area contributed by atoms with Crippen molar-refractivity contribution in [1.29, 1.82) is 0 Å². The number of nitrogen functional groups attached to an aromatic ring is 1. The highest BCUT2D eigenvalue weighted by Crippen LogP contribution is 2.34. The largest absolute Gasteiger partial charge is 0.445 e. The molecule has 0 amide bonds. The maximum Gasteiger partial charge on any atom is 0.445 e. The number of halogens is 3. The van der Waals surface area contributed by atoms with Crippen LogP contribution in [0.5, 0.6) is 0 Å². The number of alkyl halides is 3. The van der Waals surface area contributed by atoms with Crippen LogP contribution >= 0.6 is 11.3 Å². The van der Waals surface area contributed by atoms with Crippen molar-refractivity contribution in [2.45, 2.75) is 12.7 Å². The van der Waals surface area contributed by atoms with Gasteiger partial charge in [-0.15, -0.1) is 10.2 Å². The Balaban J connectivity index is 2.15. The summed E-state index contributed by atoms with van der Waals surface area (Å²) in [5.41, 5.74) is 7.20. The van der Waals surface area contributed by atoms with Gasteiger partial charge in [0.05, 0.1) is 0 Å². The topological polar surface area (TPSA) is 55.0 Å². The molecule has 0 atom stereocenters. The molecule has 1 heterocycles. The van der Waals surface area contributed by atoms with E-state index in [1.54, 1.807) is 24.1 Å². The van der Waals surface area contributed by atoms with Gasteiger partial charge in [0.25, 0.3) is 0 Å². The van der Waals surface area contributed by atoms with Crippen molar-refractivity contribution < 1.29 is 13.2 Å². The summed E-state index contributed by atoms with van der Waals surface area (Å²) in [4.78, 5) is 1.58. The van der Waals surface area contributed by atoms with Crippen LogP contribution in [0, 0.1) is 0 Å². The molecule has 2 rings (SSSR count). The molecule has 0 spiro atoms. The Kier molecular flexibility index (Phi) is 3.61. The summed E-state index contributed by atoms with van der Waals surface area (Å²) in [6.45, 7) is 0.374. The lowest BCUT2D eigenvalue weighted by molar-refractivity contribution is -0.138. The van der Waals surface area contributed by atoms with Crippen molar-refractivity contribution in [3.8, 4) is 0 Å². The molecular weight excluding hydrogens is 277 g/mol. The molecule has 0 fully saturated rings. The monoisotopic (exact) mass is 288 g/mol. The Labute approximate surface area is 111 Å². The molecule has 102 valence electrons. The summed E-state index contributed by atoms with van der Waals surface area (Å²) in [6.07, 6.45) is -4.46. The van der Waals surface area contributed by atoms with E-state index in [9.17, 15) is 13.2 Å². The van der Waals surface area contributed by atoms with Gasteiger partial charge in [0.2, 0.25) is 10.1 Å². The Morgan fingerprint density at radius 2 is 1.95 bits per heavy atom. The minimum atomic E-state index is -4.46. The van der Waals surface area contributed by atoms with Gasteiger partial charge in [0, 0.05) is 19.3 Å². The average Bonchev–Trinajstić information content (AvgIpc) is 2.81. The van der Waals surface area contributed by atoms with E-state index in [0.29, 0.717) is 23.6 Å². The van der Waals surface area contributed by atoms with Crippen molar-refractivity contribution in [3.05, 3.63) is 34.8 Å². The van der Waals surface area contributed by atoms with Crippen molar-refractivity contribution in [3.63, 3.8) is 0 Å². The van der Waals surface area contributed by atoms with Crippen LogP contribution in [0.1, 0.15) is 10.6 Å². The Morgan fingerprint density at radius 1 is 1.26 bits per heavy atom. The Hall–Kier alpha value is -1.83. The second-order valence-electron chi connectivity index (χ2n) is 3.94. The lowest BCUT2D eigenvalue weighted by Gasteiger charge is -2.16. The molecule has 0 saturated carbocycles. The third kappa shape index (κ3) is 3.14. The second kappa shape index (κ2) is 5.04. The summed E-state index contributed by atoms with van der Waals surface area (Å²) in [5.74, 6) is 0. The summed E-state index contributed by atoms with van der Waals surface area (Å²) in [7, 11) is 1.65. The van der Waals surface area contributed by atoms with E-state index in [2.05, 4.69) is 10.2 Å². The van der Waals surface area contributed by atoms with Gasteiger partial charge in [0.15, 0.2) is 0 Å². The number of aromatic nitrogens is 2. The molecule has 19 heavy (non-hydrogen) atoms. The van der Waals surface area contributed by atoms with Gasteiger partial charge in [0.1, 0.15) is 0 Å². The lowest BCUT2D eigenvalue weighted by Crippen LogP contribution is -2.17. The molecule has 0 radical (unpaired) electrons. The normalized spacial score (nSPS) is 11.6. The zero-order chi connectivity index (χ0) is 14.0. The van der Waals surface area contributed by atoms with Crippen molar-refractivity contribution >= 4 is 22.2 Å². The smallest absolute Gasteiger partial charge is 0.398 e. The number of para-hydroxylation sites is 1. The predicted molar refractivity (Wildman–Crippen MR) is 67.9 cm³/mol. The minimum absolute atomic E-state index is 0.204. The summed E-state index contributed by atoms with van der Waals surface area (Å²) < 4.78 is 37.3. The zero-order valence-corrected chi connectivity index (χ0v) is 10.8. The van der Waals surface area contributed by atoms with Gasteiger partial charge in [-0.3, -0.25) is 0 Å². The van der Waals surface area contributed by atoms with Crippen molar-refractivity contribution in [1.82, 2.24) is 10.2 Å². The van der Waals surface area contributed by atoms with Gasteiger partial charge in [-0.25, -0.2) is 0 Å². The van der Waals surface area contributed by atoms with Crippen LogP contribution < -0.4 is 10.6 Å². The van der Waals surface area contributed by atoms with E-state index in [4.69, 9.17) is 5.73 Å². The van der Waals surface area contributed by atoms with E-state index in [1.165, 1.54) is 0 Å². The highest BCUT2D eigenvalue weighted by Gasteiger charge is 2.36. The van der Waals surface area contributed by atoms with E-state index < -0.39 is 11.2 Å². The number of benzene rings is 1. The first-order chi connectivity index (χ1) is 8.88. The average molecular weight is 288 g/mol. The lowest BCUT2D eigenvalue weighted by atomic mass is 10.2. The van der Waals surface area contributed by atoms with Crippen LogP contribution in [-0.2, 0) is 12.7 Å². The Morgan fingerprint density at radius 3 is 2.53 bits per heavy atom. The SMILES string of the molecule is CN(Cc1ccccc1N)c1nnc(C(F)(F)F)s1. The van der Waals surface area contributed by atoms with Crippen molar-refractivity contribution in [2.75, 3.05) is 17.7 Å². The molecule has 8 heteroatoms. The van der Waals surface area contributed by atoms with Crippen LogP contribution in [-0.4, -0.2) is 17.2 Å². The molecule has 0 unspecified atom stereocenters. The third-order valence-corrected chi connectivity index (χ3v) is 3.53. The molecule has 0 aliphatic heterocycles. The zero-order valence-electron chi connectivity index (χ0n) is 9.98. The first-order valence-electron chi connectivity index (χ1n) is 5.33. The number of nitrogens with zero attached hydrogens (tertiary/aromatic N) is 3. The molecule has 0 aliphatic carbocycles. The molecule has 4 nitrogen and oxygen atoms in total. The fraction of sp³-hybridized carbons (Fsp3) is 0.273. The molecule has 1 aromatic carbocycles. The quantitative estimate of drug-likeness (QED) is 0.882. The van der Waals surface area contributed by atoms with Crippen LogP contribution in [0.25, 0.3) is 0 Å². The molecule has 0 aliphatic rings. The standard InChI is InChI=1S/C11H11F3N4S/c1-18(6-7-4-2-3-5-8(7)15)10-17-16-9(19-10)11(12,13)14/h2-5H,6,15H2,1H3. The van der Waals surface area contributed by atoms with Gasteiger partial charge < -0.3 is 10.6 Å². The fourth-order valence-corrected chi connectivity index (χ4v) is 2.16. The second-order valence-corrected chi connectivity index (χ2v) is 4.90. The van der Waals surface area contributed by atoms with Gasteiger partial charge in [-0.2, -0.15) is 13.2 Å². The molecule has 2 aromatic rings. The highest BCUT2D eigenvalue weighted by molar-refractivity contribution is 7.15. The maximum absolute atomic E-state index is 12.4. The predicted octanol–water partition coefficient (Wildman–Crippen LogP) is 2.78. The van der Waals surface area contributed by atoms with E-state index in [-0.39, 0.29) is 5.13 Å². The molecular formula is C11H11F3N4S. The van der Waals surface area contributed by atoms with E-state index >= 15 is 0 Å². The molecule has 1 aromatic heterocycles. The summed E-state index contributed by atoms with van der Waals surface area (Å²) in [5, 5.41) is 5.94. The number of hydrogen-bond donors (Lipinski definition) is 1. The third-order valence-electron chi connectivity index (χ3n) is 2.45. The fourth-order valence-electron chi connectivity index (χ4n) is 1.49. The first-order valence-corrected chi connectivity index (χ1v) is 6.15. The van der Waals surface area contributed by atoms with Crippen LogP contribution in [0.2, 0.25) is 0 Å². The van der Waals surface area contributed by atoms with Crippen LogP contribution in [0.4, 0.5) is 24.0 Å². The number of hydrogen-bond acceptors (Lipinski definition) is 5. The van der Waals surface area contributed by atoms with Gasteiger partial charge in [-0.1, -0.05) is 29.5 Å². The van der Waals surface area contributed by atoms with Gasteiger partial charge in [-0.05, 0) is 11.6 Å². The summed E-state index contributed by atoms with van der Waals surface area (Å²) in [6, 6.07) is 7.17. The van der Waals surface area contributed by atoms with E-state index in [0.717, 1.165) is 5.56 Å². The highest BCUT2D eigenvalue weighted by atomic mass is 32.1. The van der Waals surface area contributed by atoms with Crippen LogP contribution in [0.3, 0.4) is 0 Å². The number of anilines is 2. The first kappa shape index (κ1) is 13.6.